The maximum atomic E-state index is 9.99. The van der Waals surface area contributed by atoms with Crippen molar-refractivity contribution in [3.63, 3.8) is 0 Å². The van der Waals surface area contributed by atoms with Gasteiger partial charge in [-0.15, -0.1) is 0 Å². The van der Waals surface area contributed by atoms with Crippen LogP contribution in [0, 0.1) is 11.3 Å². The Bertz CT molecular complexity index is 1580. The Hall–Kier alpha value is -4.00. The summed E-state index contributed by atoms with van der Waals surface area (Å²) >= 11 is 1.81. The number of fused-ring (bicyclic) bond motifs is 5. The lowest BCUT2D eigenvalue weighted by atomic mass is 9.96. The predicted molar refractivity (Wildman–Crippen MR) is 132 cm³/mol. The van der Waals surface area contributed by atoms with Crippen LogP contribution in [0.25, 0.3) is 33.0 Å². The minimum Gasteiger partial charge on any atom is -0.308 e. The van der Waals surface area contributed by atoms with Gasteiger partial charge in [0.1, 0.15) is 0 Å². The first kappa shape index (κ1) is 17.7. The SMILES string of the molecule is N#Cc1ccc(N2c3ccccc3Sc3ccccc32)c2c1-c1cccc3cccc-2c13. The molecule has 0 atom stereocenters. The van der Waals surface area contributed by atoms with Crippen LogP contribution in [0.2, 0.25) is 0 Å². The topological polar surface area (TPSA) is 27.0 Å². The predicted octanol–water partition coefficient (Wildman–Crippen LogP) is 8.29. The van der Waals surface area contributed by atoms with Crippen molar-refractivity contribution in [1.29, 1.82) is 5.26 Å². The molecule has 0 amide bonds. The molecule has 0 saturated heterocycles. The maximum Gasteiger partial charge on any atom is 0.0998 e. The van der Waals surface area contributed by atoms with Gasteiger partial charge in [0.05, 0.1) is 28.7 Å². The van der Waals surface area contributed by atoms with E-state index in [1.54, 1.807) is 0 Å². The molecule has 7 rings (SSSR count). The van der Waals surface area contributed by atoms with Gasteiger partial charge in [0, 0.05) is 20.9 Å². The van der Waals surface area contributed by atoms with Crippen molar-refractivity contribution in [3.8, 4) is 28.3 Å². The van der Waals surface area contributed by atoms with Gasteiger partial charge in [-0.3, -0.25) is 0 Å². The summed E-state index contributed by atoms with van der Waals surface area (Å²) in [6.45, 7) is 0. The summed E-state index contributed by atoms with van der Waals surface area (Å²) in [5, 5.41) is 12.4. The van der Waals surface area contributed by atoms with E-state index in [0.29, 0.717) is 0 Å². The van der Waals surface area contributed by atoms with E-state index in [9.17, 15) is 5.26 Å². The maximum absolute atomic E-state index is 9.99. The molecule has 32 heavy (non-hydrogen) atoms. The van der Waals surface area contributed by atoms with E-state index < -0.39 is 0 Å². The number of nitriles is 1. The zero-order valence-electron chi connectivity index (χ0n) is 17.0. The van der Waals surface area contributed by atoms with Crippen molar-refractivity contribution in [2.45, 2.75) is 9.79 Å². The molecule has 1 aliphatic carbocycles. The third-order valence-electron chi connectivity index (χ3n) is 6.42. The molecule has 0 aromatic heterocycles. The van der Waals surface area contributed by atoms with Gasteiger partial charge in [-0.05, 0) is 58.3 Å². The van der Waals surface area contributed by atoms with Crippen LogP contribution < -0.4 is 4.90 Å². The highest BCUT2D eigenvalue weighted by molar-refractivity contribution is 7.99. The van der Waals surface area contributed by atoms with E-state index in [0.717, 1.165) is 27.9 Å². The summed E-state index contributed by atoms with van der Waals surface area (Å²) in [5.41, 5.74) is 8.73. The van der Waals surface area contributed by atoms with Crippen LogP contribution in [0.15, 0.2) is 107 Å². The first-order valence-electron chi connectivity index (χ1n) is 10.6. The largest absolute Gasteiger partial charge is 0.308 e. The molecule has 0 fully saturated rings. The standard InChI is InChI=1S/C29H16N2S/c30-17-19-15-16-24(29-21-10-6-8-18-7-5-9-20(27(18)21)28(19)29)31-22-11-1-3-13-25(22)32-26-14-4-2-12-23(26)31/h1-16H. The van der Waals surface area contributed by atoms with Crippen LogP contribution in [0.4, 0.5) is 17.1 Å². The van der Waals surface area contributed by atoms with E-state index in [1.807, 2.05) is 17.8 Å². The number of hydrogen-bond donors (Lipinski definition) is 0. The van der Waals surface area contributed by atoms with E-state index >= 15 is 0 Å². The Morgan fingerprint density at radius 2 is 1.22 bits per heavy atom. The second-order valence-corrected chi connectivity index (χ2v) is 9.16. The van der Waals surface area contributed by atoms with Gasteiger partial charge >= 0.3 is 0 Å². The van der Waals surface area contributed by atoms with Crippen LogP contribution in [-0.4, -0.2) is 0 Å². The van der Waals surface area contributed by atoms with Gasteiger partial charge in [-0.2, -0.15) is 5.26 Å². The first-order valence-corrected chi connectivity index (χ1v) is 11.4. The van der Waals surface area contributed by atoms with E-state index in [2.05, 4.69) is 102 Å². The van der Waals surface area contributed by atoms with Crippen molar-refractivity contribution in [3.05, 3.63) is 103 Å². The molecule has 0 N–H and O–H groups in total. The van der Waals surface area contributed by atoms with Crippen LogP contribution in [0.1, 0.15) is 5.56 Å². The lowest BCUT2D eigenvalue weighted by Gasteiger charge is -2.34. The second-order valence-electron chi connectivity index (χ2n) is 8.08. The van der Waals surface area contributed by atoms with E-state index in [1.165, 1.54) is 37.5 Å². The molecule has 1 heterocycles. The van der Waals surface area contributed by atoms with Crippen LogP contribution in [-0.2, 0) is 0 Å². The van der Waals surface area contributed by atoms with Gasteiger partial charge in [0.15, 0.2) is 0 Å². The highest BCUT2D eigenvalue weighted by atomic mass is 32.2. The van der Waals surface area contributed by atoms with Crippen LogP contribution >= 0.6 is 11.8 Å². The zero-order valence-corrected chi connectivity index (χ0v) is 17.9. The van der Waals surface area contributed by atoms with Gasteiger partial charge < -0.3 is 4.90 Å². The molecular formula is C29H16N2S. The van der Waals surface area contributed by atoms with Crippen LogP contribution in [0.5, 0.6) is 0 Å². The molecule has 2 aliphatic rings. The average Bonchev–Trinajstić information content (AvgIpc) is 3.19. The molecule has 0 saturated carbocycles. The highest BCUT2D eigenvalue weighted by Gasteiger charge is 2.32. The summed E-state index contributed by atoms with van der Waals surface area (Å²) in [6.07, 6.45) is 0. The van der Waals surface area contributed by atoms with Gasteiger partial charge in [-0.25, -0.2) is 0 Å². The number of benzene rings is 5. The fourth-order valence-corrected chi connectivity index (χ4v) is 6.20. The second kappa shape index (κ2) is 6.50. The molecule has 0 unspecified atom stereocenters. The Morgan fingerprint density at radius 1 is 0.594 bits per heavy atom. The fraction of sp³-hybridized carbons (Fsp3) is 0. The number of anilines is 3. The fourth-order valence-electron chi connectivity index (χ4n) is 5.15. The summed E-state index contributed by atoms with van der Waals surface area (Å²) in [5.74, 6) is 0. The van der Waals surface area contributed by atoms with Gasteiger partial charge in [0.25, 0.3) is 0 Å². The lowest BCUT2D eigenvalue weighted by molar-refractivity contribution is 1.17. The number of nitrogens with zero attached hydrogens (tertiary/aromatic N) is 2. The summed E-state index contributed by atoms with van der Waals surface area (Å²) in [7, 11) is 0. The third kappa shape index (κ3) is 2.25. The summed E-state index contributed by atoms with van der Waals surface area (Å²) in [4.78, 5) is 4.84. The quantitative estimate of drug-likeness (QED) is 0.265. The number of hydrogen-bond acceptors (Lipinski definition) is 3. The monoisotopic (exact) mass is 424 g/mol. The van der Waals surface area contributed by atoms with Crippen molar-refractivity contribution >= 4 is 39.6 Å². The van der Waals surface area contributed by atoms with Crippen molar-refractivity contribution in [1.82, 2.24) is 0 Å². The Morgan fingerprint density at radius 3 is 1.88 bits per heavy atom. The summed E-state index contributed by atoms with van der Waals surface area (Å²) in [6, 6.07) is 36.5. The summed E-state index contributed by atoms with van der Waals surface area (Å²) < 4.78 is 0. The smallest absolute Gasteiger partial charge is 0.0998 e. The molecule has 1 aliphatic heterocycles. The lowest BCUT2D eigenvalue weighted by Crippen LogP contribution is -2.15. The van der Waals surface area contributed by atoms with E-state index in [-0.39, 0.29) is 0 Å². The normalized spacial score (nSPS) is 12.8. The molecule has 0 bridgehead atoms. The Balaban J connectivity index is 1.61. The molecule has 2 nitrogen and oxygen atoms in total. The van der Waals surface area contributed by atoms with Crippen molar-refractivity contribution in [2.75, 3.05) is 4.90 Å². The molecule has 148 valence electrons. The third-order valence-corrected chi connectivity index (χ3v) is 7.55. The minimum absolute atomic E-state index is 0.723. The molecule has 3 heteroatoms. The average molecular weight is 425 g/mol. The first-order chi connectivity index (χ1) is 15.8. The number of para-hydroxylation sites is 2. The molecule has 0 spiro atoms. The van der Waals surface area contributed by atoms with Crippen molar-refractivity contribution < 1.29 is 0 Å². The van der Waals surface area contributed by atoms with Crippen LogP contribution in [0.3, 0.4) is 0 Å². The highest BCUT2D eigenvalue weighted by Crippen LogP contribution is 2.57. The van der Waals surface area contributed by atoms with Crippen molar-refractivity contribution in [2.24, 2.45) is 0 Å². The molecule has 5 aromatic rings. The van der Waals surface area contributed by atoms with Gasteiger partial charge in [0.2, 0.25) is 0 Å². The van der Waals surface area contributed by atoms with Gasteiger partial charge in [-0.1, -0.05) is 72.4 Å². The Kier molecular flexibility index (Phi) is 3.59. The zero-order chi connectivity index (χ0) is 21.2. The molecule has 5 aromatic carbocycles. The van der Waals surface area contributed by atoms with E-state index in [4.69, 9.17) is 0 Å². The molecule has 0 radical (unpaired) electrons. The minimum atomic E-state index is 0.723. The molecular weight excluding hydrogens is 408 g/mol. The number of rotatable bonds is 1. The Labute approximate surface area is 190 Å².